The van der Waals surface area contributed by atoms with Gasteiger partial charge < -0.3 is 23.8 Å². The highest BCUT2D eigenvalue weighted by molar-refractivity contribution is 5.80. The smallest absolute Gasteiger partial charge is 0.246 e. The van der Waals surface area contributed by atoms with Gasteiger partial charge in [0.05, 0.1) is 20.1 Å². The van der Waals surface area contributed by atoms with Crippen LogP contribution in [0.3, 0.4) is 0 Å². The van der Waals surface area contributed by atoms with Crippen LogP contribution in [-0.2, 0) is 11.3 Å². The number of carbonyl (C=O) groups excluding carboxylic acids is 1. The van der Waals surface area contributed by atoms with E-state index in [1.165, 1.54) is 5.56 Å². The number of aromatic nitrogens is 2. The average Bonchev–Trinajstić information content (AvgIpc) is 3.35. The van der Waals surface area contributed by atoms with Gasteiger partial charge in [-0.15, -0.1) is 0 Å². The first-order valence-electron chi connectivity index (χ1n) is 12.4. The molecule has 0 aliphatic carbocycles. The molecule has 3 aromatic rings. The van der Waals surface area contributed by atoms with Gasteiger partial charge in [0.15, 0.2) is 11.5 Å². The normalized spacial score (nSPS) is 16.1. The monoisotopic (exact) mass is 492 g/mol. The largest absolute Gasteiger partial charge is 0.493 e. The first kappa shape index (κ1) is 25.5. The first-order valence-corrected chi connectivity index (χ1v) is 12.4. The number of piperidine rings is 1. The van der Waals surface area contributed by atoms with Crippen molar-refractivity contribution in [3.63, 3.8) is 0 Å². The minimum absolute atomic E-state index is 0.0903. The van der Waals surface area contributed by atoms with E-state index in [2.05, 4.69) is 46.2 Å². The van der Waals surface area contributed by atoms with Crippen LogP contribution in [0.1, 0.15) is 45.1 Å². The summed E-state index contributed by atoms with van der Waals surface area (Å²) in [6.07, 6.45) is 1.85. The summed E-state index contributed by atoms with van der Waals surface area (Å²) in [4.78, 5) is 22.6. The third-order valence-electron chi connectivity index (χ3n) is 6.65. The van der Waals surface area contributed by atoms with Gasteiger partial charge in [0.25, 0.3) is 0 Å². The summed E-state index contributed by atoms with van der Waals surface area (Å²) in [5.74, 6) is 2.08. The molecule has 0 spiro atoms. The van der Waals surface area contributed by atoms with Crippen molar-refractivity contribution < 1.29 is 18.8 Å². The van der Waals surface area contributed by atoms with Crippen molar-refractivity contribution >= 4 is 11.6 Å². The Bertz CT molecular complexity index is 1180. The average molecular weight is 493 g/mol. The lowest BCUT2D eigenvalue weighted by Gasteiger charge is -2.40. The summed E-state index contributed by atoms with van der Waals surface area (Å²) in [5.41, 5.74) is 2.74. The fourth-order valence-corrected chi connectivity index (χ4v) is 4.58. The maximum Gasteiger partial charge on any atom is 0.246 e. The van der Waals surface area contributed by atoms with Gasteiger partial charge >= 0.3 is 0 Å². The SMILES string of the molecule is COc1ccc(-c2noc(CN(C(=O)[C@@H]3CCCN(c4ccc(C)cc4)C3)C(C)(C)C)n2)cc1OC. The number of methoxy groups -OCH3 is 2. The second-order valence-electron chi connectivity index (χ2n) is 10.3. The zero-order valence-corrected chi connectivity index (χ0v) is 22.1. The Labute approximate surface area is 213 Å². The predicted molar refractivity (Wildman–Crippen MR) is 139 cm³/mol. The Morgan fingerprint density at radius 1 is 1.11 bits per heavy atom. The Morgan fingerprint density at radius 3 is 2.50 bits per heavy atom. The quantitative estimate of drug-likeness (QED) is 0.454. The molecule has 0 bridgehead atoms. The first-order chi connectivity index (χ1) is 17.2. The van der Waals surface area contributed by atoms with Crippen LogP contribution < -0.4 is 14.4 Å². The summed E-state index contributed by atoms with van der Waals surface area (Å²) in [7, 11) is 3.18. The Balaban J connectivity index is 1.51. The number of anilines is 1. The van der Waals surface area contributed by atoms with Crippen molar-refractivity contribution in [2.45, 2.75) is 52.6 Å². The number of benzene rings is 2. The van der Waals surface area contributed by atoms with Gasteiger partial charge in [-0.25, -0.2) is 0 Å². The molecule has 8 heteroatoms. The second-order valence-corrected chi connectivity index (χ2v) is 10.3. The predicted octanol–water partition coefficient (Wildman–Crippen LogP) is 5.11. The van der Waals surface area contributed by atoms with E-state index in [-0.39, 0.29) is 18.4 Å². The molecule has 1 aromatic heterocycles. The molecule has 0 saturated carbocycles. The van der Waals surface area contributed by atoms with Gasteiger partial charge in [-0.05, 0) is 70.9 Å². The van der Waals surface area contributed by atoms with Crippen molar-refractivity contribution in [3.05, 3.63) is 53.9 Å². The van der Waals surface area contributed by atoms with Crippen LogP contribution in [0.2, 0.25) is 0 Å². The standard InChI is InChI=1S/C28H36N4O4/c1-19-9-12-22(13-10-19)31-15-7-8-21(17-31)27(33)32(28(2,3)4)18-25-29-26(30-36-25)20-11-14-23(34-5)24(16-20)35-6/h9-14,16,21H,7-8,15,17-18H2,1-6H3/t21-/m1/s1. The summed E-state index contributed by atoms with van der Waals surface area (Å²) < 4.78 is 16.3. The summed E-state index contributed by atoms with van der Waals surface area (Å²) >= 11 is 0. The third-order valence-corrected chi connectivity index (χ3v) is 6.65. The van der Waals surface area contributed by atoms with E-state index < -0.39 is 5.54 Å². The van der Waals surface area contributed by atoms with E-state index >= 15 is 0 Å². The van der Waals surface area contributed by atoms with Crippen LogP contribution in [0, 0.1) is 12.8 Å². The summed E-state index contributed by atoms with van der Waals surface area (Å²) in [5, 5.41) is 4.15. The van der Waals surface area contributed by atoms with Gasteiger partial charge in [-0.3, -0.25) is 4.79 Å². The van der Waals surface area contributed by atoms with E-state index in [1.807, 2.05) is 37.8 Å². The maximum absolute atomic E-state index is 13.8. The zero-order valence-electron chi connectivity index (χ0n) is 22.1. The van der Waals surface area contributed by atoms with E-state index in [9.17, 15) is 4.79 Å². The lowest BCUT2D eigenvalue weighted by Crippen LogP contribution is -2.51. The molecule has 0 N–H and O–H groups in total. The summed E-state index contributed by atoms with van der Waals surface area (Å²) in [6.45, 7) is 10.1. The van der Waals surface area contributed by atoms with Crippen molar-refractivity contribution in [1.29, 1.82) is 0 Å². The lowest BCUT2D eigenvalue weighted by molar-refractivity contribution is -0.142. The zero-order chi connectivity index (χ0) is 25.9. The maximum atomic E-state index is 13.8. The van der Waals surface area contributed by atoms with Crippen LogP contribution in [0.15, 0.2) is 47.0 Å². The van der Waals surface area contributed by atoms with Gasteiger partial charge in [-0.2, -0.15) is 4.98 Å². The molecule has 2 aromatic carbocycles. The van der Waals surface area contributed by atoms with E-state index in [0.717, 1.165) is 30.6 Å². The molecule has 4 rings (SSSR count). The van der Waals surface area contributed by atoms with Crippen LogP contribution in [0.25, 0.3) is 11.4 Å². The van der Waals surface area contributed by atoms with Gasteiger partial charge in [0, 0.05) is 29.9 Å². The second kappa shape index (κ2) is 10.6. The topological polar surface area (TPSA) is 80.9 Å². The number of carbonyl (C=O) groups is 1. The highest BCUT2D eigenvalue weighted by atomic mass is 16.5. The Hall–Kier alpha value is -3.55. The van der Waals surface area contributed by atoms with Gasteiger partial charge in [0.2, 0.25) is 17.6 Å². The van der Waals surface area contributed by atoms with E-state index in [1.54, 1.807) is 20.3 Å². The Morgan fingerprint density at radius 2 is 1.83 bits per heavy atom. The molecule has 2 heterocycles. The Kier molecular flexibility index (Phi) is 7.52. The fourth-order valence-electron chi connectivity index (χ4n) is 4.58. The van der Waals surface area contributed by atoms with E-state index in [4.69, 9.17) is 14.0 Å². The summed E-state index contributed by atoms with van der Waals surface area (Å²) in [6, 6.07) is 14.0. The van der Waals surface area contributed by atoms with Gasteiger partial charge in [-0.1, -0.05) is 22.9 Å². The molecule has 0 radical (unpaired) electrons. The molecule has 1 aliphatic heterocycles. The molecule has 1 atom stereocenters. The number of nitrogens with zero attached hydrogens (tertiary/aromatic N) is 4. The molecular formula is C28H36N4O4. The van der Waals surface area contributed by atoms with Crippen molar-refractivity contribution in [2.24, 2.45) is 5.92 Å². The molecule has 1 saturated heterocycles. The minimum atomic E-state index is -0.402. The van der Waals surface area contributed by atoms with Crippen LogP contribution in [0.4, 0.5) is 5.69 Å². The number of hydrogen-bond donors (Lipinski definition) is 0. The number of ether oxygens (including phenoxy) is 2. The highest BCUT2D eigenvalue weighted by Gasteiger charge is 2.35. The molecule has 0 unspecified atom stereocenters. The molecule has 8 nitrogen and oxygen atoms in total. The van der Waals surface area contributed by atoms with Crippen molar-refractivity contribution in [2.75, 3.05) is 32.2 Å². The van der Waals surface area contributed by atoms with Crippen molar-refractivity contribution in [1.82, 2.24) is 15.0 Å². The highest BCUT2D eigenvalue weighted by Crippen LogP contribution is 2.32. The molecule has 1 aliphatic rings. The van der Waals surface area contributed by atoms with Crippen LogP contribution in [0.5, 0.6) is 11.5 Å². The molecule has 1 fully saturated rings. The number of aryl methyl sites for hydroxylation is 1. The van der Waals surface area contributed by atoms with Gasteiger partial charge in [0.1, 0.15) is 6.54 Å². The molecule has 36 heavy (non-hydrogen) atoms. The van der Waals surface area contributed by atoms with Crippen LogP contribution in [-0.4, -0.2) is 53.8 Å². The molecule has 1 amide bonds. The molecular weight excluding hydrogens is 456 g/mol. The van der Waals surface area contributed by atoms with Crippen molar-refractivity contribution in [3.8, 4) is 22.9 Å². The lowest BCUT2D eigenvalue weighted by atomic mass is 9.93. The van der Waals surface area contributed by atoms with Crippen LogP contribution >= 0.6 is 0 Å². The number of hydrogen-bond acceptors (Lipinski definition) is 7. The molecule has 192 valence electrons. The minimum Gasteiger partial charge on any atom is -0.493 e. The number of amides is 1. The fraction of sp³-hybridized carbons (Fsp3) is 0.464. The third kappa shape index (κ3) is 5.64. The van der Waals surface area contributed by atoms with E-state index in [0.29, 0.717) is 29.8 Å². The number of rotatable bonds is 7.